The standard InChI is InChI=1S/C11H14N2O3/c1-11(6-12)7-13(10(15)16-11)8-3-2-4-9(14)5-8/h2-5,14H,6-7,12H2,1H3. The second-order valence-corrected chi connectivity index (χ2v) is 4.13. The van der Waals surface area contributed by atoms with Gasteiger partial charge in [0.2, 0.25) is 0 Å². The maximum atomic E-state index is 11.6. The first-order valence-corrected chi connectivity index (χ1v) is 5.04. The number of ether oxygens (including phenoxy) is 1. The van der Waals surface area contributed by atoms with Crippen molar-refractivity contribution in [2.45, 2.75) is 12.5 Å². The van der Waals surface area contributed by atoms with Crippen molar-refractivity contribution in [3.05, 3.63) is 24.3 Å². The van der Waals surface area contributed by atoms with Gasteiger partial charge in [-0.1, -0.05) is 6.07 Å². The van der Waals surface area contributed by atoms with Crippen LogP contribution in [-0.2, 0) is 4.74 Å². The summed E-state index contributed by atoms with van der Waals surface area (Å²) in [5.74, 6) is 0.117. The molecule has 5 nitrogen and oxygen atoms in total. The quantitative estimate of drug-likeness (QED) is 0.784. The molecule has 1 aromatic carbocycles. The van der Waals surface area contributed by atoms with Gasteiger partial charge < -0.3 is 15.6 Å². The zero-order chi connectivity index (χ0) is 11.8. The number of anilines is 1. The molecular formula is C11H14N2O3. The van der Waals surface area contributed by atoms with Crippen LogP contribution < -0.4 is 10.6 Å². The summed E-state index contributed by atoms with van der Waals surface area (Å²) < 4.78 is 5.19. The van der Waals surface area contributed by atoms with Crippen molar-refractivity contribution in [2.24, 2.45) is 5.73 Å². The molecule has 1 unspecified atom stereocenters. The van der Waals surface area contributed by atoms with Gasteiger partial charge in [-0.2, -0.15) is 0 Å². The van der Waals surface area contributed by atoms with Crippen LogP contribution in [0.4, 0.5) is 10.5 Å². The number of carbonyl (C=O) groups is 1. The molecule has 5 heteroatoms. The molecule has 1 amide bonds. The summed E-state index contributed by atoms with van der Waals surface area (Å²) in [5, 5.41) is 9.34. The molecule has 2 rings (SSSR count). The maximum Gasteiger partial charge on any atom is 0.415 e. The fourth-order valence-corrected chi connectivity index (χ4v) is 1.66. The smallest absolute Gasteiger partial charge is 0.415 e. The Morgan fingerprint density at radius 2 is 2.38 bits per heavy atom. The SMILES string of the molecule is CC1(CN)CN(c2cccc(O)c2)C(=O)O1. The third-order valence-corrected chi connectivity index (χ3v) is 2.62. The van der Waals surface area contributed by atoms with E-state index >= 15 is 0 Å². The van der Waals surface area contributed by atoms with Crippen LogP contribution in [0.25, 0.3) is 0 Å². The van der Waals surface area contributed by atoms with Crippen LogP contribution in [0.1, 0.15) is 6.92 Å². The Kier molecular flexibility index (Phi) is 2.47. The molecule has 1 aliphatic rings. The second-order valence-electron chi connectivity index (χ2n) is 4.13. The van der Waals surface area contributed by atoms with Crippen molar-refractivity contribution in [3.8, 4) is 5.75 Å². The van der Waals surface area contributed by atoms with Crippen molar-refractivity contribution < 1.29 is 14.6 Å². The molecule has 0 aliphatic carbocycles. The van der Waals surface area contributed by atoms with Crippen LogP contribution in [-0.4, -0.2) is 29.9 Å². The minimum absolute atomic E-state index is 0.117. The van der Waals surface area contributed by atoms with Gasteiger partial charge in [0.25, 0.3) is 0 Å². The molecule has 3 N–H and O–H groups in total. The van der Waals surface area contributed by atoms with Gasteiger partial charge in [0.1, 0.15) is 11.4 Å². The number of aromatic hydroxyl groups is 1. The van der Waals surface area contributed by atoms with E-state index in [1.807, 2.05) is 0 Å². The number of hydrogen-bond donors (Lipinski definition) is 2. The number of amides is 1. The summed E-state index contributed by atoms with van der Waals surface area (Å²) >= 11 is 0. The predicted molar refractivity (Wildman–Crippen MR) is 59.4 cm³/mol. The Morgan fingerprint density at radius 1 is 1.62 bits per heavy atom. The first kappa shape index (κ1) is 10.8. The fourth-order valence-electron chi connectivity index (χ4n) is 1.66. The number of hydrogen-bond acceptors (Lipinski definition) is 4. The molecule has 1 aromatic rings. The van der Waals surface area contributed by atoms with E-state index in [-0.39, 0.29) is 12.3 Å². The van der Waals surface area contributed by atoms with Gasteiger partial charge in [-0.3, -0.25) is 4.90 Å². The summed E-state index contributed by atoms with van der Waals surface area (Å²) in [7, 11) is 0. The molecule has 1 heterocycles. The summed E-state index contributed by atoms with van der Waals surface area (Å²) in [4.78, 5) is 13.1. The molecule has 16 heavy (non-hydrogen) atoms. The van der Waals surface area contributed by atoms with Crippen LogP contribution in [0.5, 0.6) is 5.75 Å². The zero-order valence-corrected chi connectivity index (χ0v) is 9.01. The highest BCUT2D eigenvalue weighted by Gasteiger charge is 2.41. The lowest BCUT2D eigenvalue weighted by molar-refractivity contribution is 0.0789. The number of rotatable bonds is 2. The van der Waals surface area contributed by atoms with Crippen molar-refractivity contribution in [1.29, 1.82) is 0 Å². The second kappa shape index (κ2) is 3.68. The summed E-state index contributed by atoms with van der Waals surface area (Å²) in [5.41, 5.74) is 5.51. The Hall–Kier alpha value is -1.75. The number of nitrogens with zero attached hydrogens (tertiary/aromatic N) is 1. The normalized spacial score (nSPS) is 24.6. The van der Waals surface area contributed by atoms with Gasteiger partial charge in [-0.05, 0) is 19.1 Å². The highest BCUT2D eigenvalue weighted by Crippen LogP contribution is 2.28. The monoisotopic (exact) mass is 222 g/mol. The van der Waals surface area contributed by atoms with Crippen LogP contribution in [0.15, 0.2) is 24.3 Å². The molecule has 1 fully saturated rings. The molecule has 86 valence electrons. The van der Waals surface area contributed by atoms with Gasteiger partial charge in [0, 0.05) is 12.6 Å². The summed E-state index contributed by atoms with van der Waals surface area (Å²) in [6.07, 6.45) is -0.432. The lowest BCUT2D eigenvalue weighted by Crippen LogP contribution is -2.38. The van der Waals surface area contributed by atoms with Gasteiger partial charge >= 0.3 is 6.09 Å². The van der Waals surface area contributed by atoms with E-state index in [9.17, 15) is 9.90 Å². The Morgan fingerprint density at radius 3 is 2.94 bits per heavy atom. The summed E-state index contributed by atoms with van der Waals surface area (Å²) in [6.45, 7) is 2.45. The number of benzene rings is 1. The van der Waals surface area contributed by atoms with E-state index in [4.69, 9.17) is 10.5 Å². The number of carbonyl (C=O) groups excluding carboxylic acids is 1. The zero-order valence-electron chi connectivity index (χ0n) is 9.01. The molecule has 1 atom stereocenters. The van der Waals surface area contributed by atoms with Crippen LogP contribution in [0.2, 0.25) is 0 Å². The maximum absolute atomic E-state index is 11.6. The third kappa shape index (κ3) is 1.81. The fraction of sp³-hybridized carbons (Fsp3) is 0.364. The largest absolute Gasteiger partial charge is 0.508 e. The average molecular weight is 222 g/mol. The molecular weight excluding hydrogens is 208 g/mol. The highest BCUT2D eigenvalue weighted by atomic mass is 16.6. The van der Waals surface area contributed by atoms with Gasteiger partial charge in [-0.15, -0.1) is 0 Å². The minimum Gasteiger partial charge on any atom is -0.508 e. The Bertz CT molecular complexity index is 421. The molecule has 1 aliphatic heterocycles. The van der Waals surface area contributed by atoms with Crippen molar-refractivity contribution in [1.82, 2.24) is 0 Å². The van der Waals surface area contributed by atoms with Crippen molar-refractivity contribution >= 4 is 11.8 Å². The lowest BCUT2D eigenvalue weighted by atomic mass is 10.1. The number of phenols is 1. The average Bonchev–Trinajstić information content (AvgIpc) is 2.55. The predicted octanol–water partition coefficient (Wildman–Crippen LogP) is 1.07. The number of phenolic OH excluding ortho intramolecular Hbond substituents is 1. The van der Waals surface area contributed by atoms with Crippen LogP contribution >= 0.6 is 0 Å². The van der Waals surface area contributed by atoms with Crippen LogP contribution in [0.3, 0.4) is 0 Å². The molecule has 0 spiro atoms. The highest BCUT2D eigenvalue weighted by molar-refractivity contribution is 5.90. The van der Waals surface area contributed by atoms with Gasteiger partial charge in [0.15, 0.2) is 0 Å². The molecule has 0 radical (unpaired) electrons. The minimum atomic E-state index is -0.650. The first-order chi connectivity index (χ1) is 7.54. The number of cyclic esters (lactones) is 1. The van der Waals surface area contributed by atoms with Crippen molar-refractivity contribution in [3.63, 3.8) is 0 Å². The molecule has 0 bridgehead atoms. The van der Waals surface area contributed by atoms with E-state index in [0.29, 0.717) is 12.2 Å². The topological polar surface area (TPSA) is 75.8 Å². The van der Waals surface area contributed by atoms with E-state index in [1.165, 1.54) is 11.0 Å². The van der Waals surface area contributed by atoms with Gasteiger partial charge in [0.05, 0.1) is 12.2 Å². The van der Waals surface area contributed by atoms with E-state index in [0.717, 1.165) is 0 Å². The number of nitrogens with two attached hydrogens (primary N) is 1. The van der Waals surface area contributed by atoms with E-state index < -0.39 is 11.7 Å². The van der Waals surface area contributed by atoms with E-state index in [1.54, 1.807) is 25.1 Å². The Labute approximate surface area is 93.4 Å². The lowest BCUT2D eigenvalue weighted by Gasteiger charge is -2.18. The first-order valence-electron chi connectivity index (χ1n) is 5.04. The van der Waals surface area contributed by atoms with Crippen molar-refractivity contribution in [2.75, 3.05) is 18.0 Å². The summed E-state index contributed by atoms with van der Waals surface area (Å²) in [6, 6.07) is 6.48. The third-order valence-electron chi connectivity index (χ3n) is 2.62. The van der Waals surface area contributed by atoms with Gasteiger partial charge in [-0.25, -0.2) is 4.79 Å². The van der Waals surface area contributed by atoms with Crippen LogP contribution in [0, 0.1) is 0 Å². The Balaban J connectivity index is 2.27. The molecule has 1 saturated heterocycles. The van der Waals surface area contributed by atoms with E-state index in [2.05, 4.69) is 0 Å². The molecule has 0 aromatic heterocycles. The molecule has 0 saturated carbocycles.